The third-order valence-corrected chi connectivity index (χ3v) is 2.89. The molecule has 0 aliphatic rings. The van der Waals surface area contributed by atoms with E-state index in [-0.39, 0.29) is 5.56 Å². The number of H-pyrrole nitrogens is 1. The summed E-state index contributed by atoms with van der Waals surface area (Å²) in [5, 5.41) is 1.02. The molecule has 0 amide bonds. The Bertz CT molecular complexity index is 608. The third kappa shape index (κ3) is 2.68. The van der Waals surface area contributed by atoms with Gasteiger partial charge in [0.15, 0.2) is 0 Å². The summed E-state index contributed by atoms with van der Waals surface area (Å²) < 4.78 is 0. The first-order chi connectivity index (χ1) is 8.10. The summed E-state index contributed by atoms with van der Waals surface area (Å²) in [6, 6.07) is 6.55. The van der Waals surface area contributed by atoms with Crippen molar-refractivity contribution >= 4 is 23.2 Å². The smallest absolute Gasteiger partial charge is 0.251 e. The van der Waals surface area contributed by atoms with Gasteiger partial charge in [-0.15, -0.1) is 0 Å². The van der Waals surface area contributed by atoms with Crippen LogP contribution in [0.2, 0.25) is 10.0 Å². The molecule has 1 heterocycles. The number of aromatic nitrogens is 2. The van der Waals surface area contributed by atoms with Crippen LogP contribution in [0.1, 0.15) is 12.6 Å². The molecule has 0 radical (unpaired) electrons. The molecule has 0 atom stereocenters. The third-order valence-electron chi connectivity index (χ3n) is 2.34. The second kappa shape index (κ2) is 4.90. The summed E-state index contributed by atoms with van der Waals surface area (Å²) in [4.78, 5) is 18.5. The van der Waals surface area contributed by atoms with Crippen molar-refractivity contribution in [3.63, 3.8) is 0 Å². The molecule has 1 N–H and O–H groups in total. The van der Waals surface area contributed by atoms with Crippen LogP contribution in [0.4, 0.5) is 0 Å². The molecule has 1 aromatic carbocycles. The Balaban J connectivity index is 2.60. The van der Waals surface area contributed by atoms with Gasteiger partial charge in [-0.25, -0.2) is 4.98 Å². The Kier molecular flexibility index (Phi) is 3.50. The van der Waals surface area contributed by atoms with E-state index in [1.165, 1.54) is 6.07 Å². The monoisotopic (exact) mass is 268 g/mol. The van der Waals surface area contributed by atoms with Crippen LogP contribution in [0.3, 0.4) is 0 Å². The molecule has 17 heavy (non-hydrogen) atoms. The summed E-state index contributed by atoms with van der Waals surface area (Å²) in [7, 11) is 0. The normalized spacial score (nSPS) is 10.5. The summed E-state index contributed by atoms with van der Waals surface area (Å²) >= 11 is 11.9. The molecule has 0 unspecified atom stereocenters. The van der Waals surface area contributed by atoms with Crippen LogP contribution in [-0.4, -0.2) is 9.97 Å². The highest BCUT2D eigenvalue weighted by Crippen LogP contribution is 2.27. The molecule has 0 saturated heterocycles. The maximum atomic E-state index is 11.5. The summed E-state index contributed by atoms with van der Waals surface area (Å²) in [6.07, 6.45) is 0.697. The first-order valence-electron chi connectivity index (χ1n) is 5.16. The first kappa shape index (κ1) is 12.1. The van der Waals surface area contributed by atoms with E-state index in [0.717, 1.165) is 5.69 Å². The SMILES string of the molecule is CCc1cc(=O)[nH]c(-c2ccc(Cl)cc2Cl)n1. The molecule has 0 aliphatic heterocycles. The zero-order valence-corrected chi connectivity index (χ0v) is 10.6. The van der Waals surface area contributed by atoms with Crippen LogP contribution in [0.5, 0.6) is 0 Å². The number of nitrogens with zero attached hydrogens (tertiary/aromatic N) is 1. The van der Waals surface area contributed by atoms with Crippen LogP contribution >= 0.6 is 23.2 Å². The Labute approximate surface area is 108 Å². The molecule has 0 bridgehead atoms. The number of hydrogen-bond acceptors (Lipinski definition) is 2. The van der Waals surface area contributed by atoms with Gasteiger partial charge in [0, 0.05) is 22.3 Å². The van der Waals surface area contributed by atoms with Gasteiger partial charge in [0.05, 0.1) is 5.02 Å². The van der Waals surface area contributed by atoms with Crippen LogP contribution in [0.25, 0.3) is 11.4 Å². The van der Waals surface area contributed by atoms with Crippen molar-refractivity contribution in [2.75, 3.05) is 0 Å². The van der Waals surface area contributed by atoms with Gasteiger partial charge in [-0.2, -0.15) is 0 Å². The van der Waals surface area contributed by atoms with Crippen molar-refractivity contribution in [1.82, 2.24) is 9.97 Å². The van der Waals surface area contributed by atoms with Crippen LogP contribution < -0.4 is 5.56 Å². The first-order valence-corrected chi connectivity index (χ1v) is 5.91. The predicted octanol–water partition coefficient (Wildman–Crippen LogP) is 3.31. The largest absolute Gasteiger partial charge is 0.306 e. The Morgan fingerprint density at radius 2 is 2.06 bits per heavy atom. The minimum absolute atomic E-state index is 0.183. The maximum Gasteiger partial charge on any atom is 0.251 e. The Hall–Kier alpha value is -1.32. The predicted molar refractivity (Wildman–Crippen MR) is 69.7 cm³/mol. The van der Waals surface area contributed by atoms with Crippen molar-refractivity contribution < 1.29 is 0 Å². The number of hydrogen-bond donors (Lipinski definition) is 1. The number of nitrogens with one attached hydrogen (secondary N) is 1. The topological polar surface area (TPSA) is 45.8 Å². The molecule has 0 spiro atoms. The van der Waals surface area contributed by atoms with Crippen LogP contribution in [0.15, 0.2) is 29.1 Å². The van der Waals surface area contributed by atoms with Gasteiger partial charge < -0.3 is 4.98 Å². The second-order valence-corrected chi connectivity index (χ2v) is 4.41. The number of halogens is 2. The van der Waals surface area contributed by atoms with Crippen molar-refractivity contribution in [1.29, 1.82) is 0 Å². The molecule has 0 aliphatic carbocycles. The lowest BCUT2D eigenvalue weighted by atomic mass is 10.2. The average molecular weight is 269 g/mol. The van der Waals surface area contributed by atoms with Crippen LogP contribution in [-0.2, 0) is 6.42 Å². The molecule has 3 nitrogen and oxygen atoms in total. The fourth-order valence-corrected chi connectivity index (χ4v) is 2.00. The summed E-state index contributed by atoms with van der Waals surface area (Å²) in [6.45, 7) is 1.94. The van der Waals surface area contributed by atoms with E-state index < -0.39 is 0 Å². The molecule has 1 aromatic heterocycles. The van der Waals surface area contributed by atoms with Crippen LogP contribution in [0, 0.1) is 0 Å². The molecule has 2 aromatic rings. The van der Waals surface area contributed by atoms with E-state index in [4.69, 9.17) is 23.2 Å². The molecular formula is C12H10Cl2N2O. The molecule has 5 heteroatoms. The van der Waals surface area contributed by atoms with Gasteiger partial charge in [-0.05, 0) is 24.6 Å². The molecule has 88 valence electrons. The van der Waals surface area contributed by atoms with Gasteiger partial charge in [-0.1, -0.05) is 30.1 Å². The summed E-state index contributed by atoms with van der Waals surface area (Å²) in [5.74, 6) is 0.469. The number of rotatable bonds is 2. The minimum atomic E-state index is -0.183. The minimum Gasteiger partial charge on any atom is -0.306 e. The number of aromatic amines is 1. The van der Waals surface area contributed by atoms with Crippen molar-refractivity contribution in [3.05, 3.63) is 50.4 Å². The van der Waals surface area contributed by atoms with E-state index in [9.17, 15) is 4.79 Å². The maximum absolute atomic E-state index is 11.5. The lowest BCUT2D eigenvalue weighted by molar-refractivity contribution is 0.987. The second-order valence-electron chi connectivity index (χ2n) is 3.56. The molecule has 0 fully saturated rings. The Morgan fingerprint density at radius 1 is 1.29 bits per heavy atom. The number of benzene rings is 1. The highest BCUT2D eigenvalue weighted by Gasteiger charge is 2.07. The van der Waals surface area contributed by atoms with Gasteiger partial charge >= 0.3 is 0 Å². The highest BCUT2D eigenvalue weighted by atomic mass is 35.5. The van der Waals surface area contributed by atoms with Gasteiger partial charge in [0.1, 0.15) is 5.82 Å². The highest BCUT2D eigenvalue weighted by molar-refractivity contribution is 6.36. The molecular weight excluding hydrogens is 259 g/mol. The molecule has 2 rings (SSSR count). The quantitative estimate of drug-likeness (QED) is 0.909. The molecule has 0 saturated carbocycles. The van der Waals surface area contributed by atoms with E-state index >= 15 is 0 Å². The van der Waals surface area contributed by atoms with Gasteiger partial charge in [0.2, 0.25) is 0 Å². The van der Waals surface area contributed by atoms with E-state index in [1.54, 1.807) is 18.2 Å². The average Bonchev–Trinajstić information content (AvgIpc) is 2.28. The zero-order valence-electron chi connectivity index (χ0n) is 9.13. The van der Waals surface area contributed by atoms with E-state index in [0.29, 0.717) is 27.9 Å². The summed E-state index contributed by atoms with van der Waals surface area (Å²) in [5.41, 5.74) is 1.22. The van der Waals surface area contributed by atoms with Crippen molar-refractivity contribution in [2.24, 2.45) is 0 Å². The number of aryl methyl sites for hydroxylation is 1. The Morgan fingerprint density at radius 3 is 2.71 bits per heavy atom. The zero-order chi connectivity index (χ0) is 12.4. The fourth-order valence-electron chi connectivity index (χ4n) is 1.50. The van der Waals surface area contributed by atoms with E-state index in [1.807, 2.05) is 6.92 Å². The lowest BCUT2D eigenvalue weighted by Crippen LogP contribution is -2.10. The van der Waals surface area contributed by atoms with E-state index in [2.05, 4.69) is 9.97 Å². The lowest BCUT2D eigenvalue weighted by Gasteiger charge is -2.05. The fraction of sp³-hybridized carbons (Fsp3) is 0.167. The van der Waals surface area contributed by atoms with Crippen molar-refractivity contribution in [2.45, 2.75) is 13.3 Å². The van der Waals surface area contributed by atoms with Crippen molar-refractivity contribution in [3.8, 4) is 11.4 Å². The standard InChI is InChI=1S/C12H10Cl2N2O/c1-2-8-6-11(17)16-12(15-8)9-4-3-7(13)5-10(9)14/h3-6H,2H2,1H3,(H,15,16,17). The van der Waals surface area contributed by atoms with Gasteiger partial charge in [-0.3, -0.25) is 4.79 Å². The van der Waals surface area contributed by atoms with Gasteiger partial charge in [0.25, 0.3) is 5.56 Å².